The van der Waals surface area contributed by atoms with E-state index in [0.717, 1.165) is 12.0 Å². The van der Waals surface area contributed by atoms with E-state index in [-0.39, 0.29) is 23.5 Å². The third kappa shape index (κ3) is 3.56. The van der Waals surface area contributed by atoms with Gasteiger partial charge in [-0.1, -0.05) is 0 Å². The van der Waals surface area contributed by atoms with Crippen molar-refractivity contribution in [1.29, 1.82) is 0 Å². The molecule has 156 valence electrons. The first-order valence-electron chi connectivity index (χ1n) is 9.88. The predicted octanol–water partition coefficient (Wildman–Crippen LogP) is 3.11. The summed E-state index contributed by atoms with van der Waals surface area (Å²) in [5, 5.41) is 22.2. The Morgan fingerprint density at radius 1 is 1.20 bits per heavy atom. The molecule has 0 saturated carbocycles. The second-order valence-electron chi connectivity index (χ2n) is 7.40. The summed E-state index contributed by atoms with van der Waals surface area (Å²) in [5.74, 6) is 1.63. The zero-order valence-corrected chi connectivity index (χ0v) is 17.2. The van der Waals surface area contributed by atoms with Crippen LogP contribution in [0.1, 0.15) is 36.5 Å². The smallest absolute Gasteiger partial charge is 0.289 e. The van der Waals surface area contributed by atoms with Crippen LogP contribution in [-0.4, -0.2) is 45.5 Å². The van der Waals surface area contributed by atoms with Crippen LogP contribution in [0, 0.1) is 0 Å². The standard InChI is InChI=1S/C22H24N4O4/c1-13(2)23-22(28)21-25-24-20(26(21)14-6-8-15(29-3)9-7-14)17-10-11-18-16(19(17)27)5-4-12-30-18/h6-11,13,27H,4-5,12H2,1-3H3,(H,23,28). The van der Waals surface area contributed by atoms with Gasteiger partial charge in [0.15, 0.2) is 5.82 Å². The van der Waals surface area contributed by atoms with E-state index in [1.165, 1.54) is 0 Å². The number of ether oxygens (including phenoxy) is 2. The largest absolute Gasteiger partial charge is 0.507 e. The molecular formula is C22H24N4O4. The number of phenolic OH excluding ortho intramolecular Hbond substituents is 1. The van der Waals surface area contributed by atoms with E-state index >= 15 is 0 Å². The van der Waals surface area contributed by atoms with Gasteiger partial charge in [0.1, 0.15) is 17.2 Å². The Labute approximate surface area is 174 Å². The quantitative estimate of drug-likeness (QED) is 0.673. The third-order valence-electron chi connectivity index (χ3n) is 4.93. The number of benzene rings is 2. The highest BCUT2D eigenvalue weighted by atomic mass is 16.5. The highest BCUT2D eigenvalue weighted by Gasteiger charge is 2.26. The molecule has 30 heavy (non-hydrogen) atoms. The van der Waals surface area contributed by atoms with Crippen LogP contribution in [0.5, 0.6) is 17.2 Å². The number of aromatic nitrogens is 3. The van der Waals surface area contributed by atoms with E-state index in [4.69, 9.17) is 9.47 Å². The lowest BCUT2D eigenvalue weighted by molar-refractivity contribution is 0.0930. The molecule has 3 aromatic rings. The molecule has 0 atom stereocenters. The van der Waals surface area contributed by atoms with Crippen LogP contribution in [0.15, 0.2) is 36.4 Å². The lowest BCUT2D eigenvalue weighted by Gasteiger charge is -2.20. The fourth-order valence-corrected chi connectivity index (χ4v) is 3.51. The number of fused-ring (bicyclic) bond motifs is 1. The average Bonchev–Trinajstić information content (AvgIpc) is 3.19. The lowest BCUT2D eigenvalue weighted by Crippen LogP contribution is -2.32. The normalized spacial score (nSPS) is 12.9. The van der Waals surface area contributed by atoms with Crippen molar-refractivity contribution in [3.63, 3.8) is 0 Å². The summed E-state index contributed by atoms with van der Waals surface area (Å²) in [6, 6.07) is 10.7. The van der Waals surface area contributed by atoms with Crippen LogP contribution < -0.4 is 14.8 Å². The Hall–Kier alpha value is -3.55. The van der Waals surface area contributed by atoms with Gasteiger partial charge in [-0.15, -0.1) is 10.2 Å². The van der Waals surface area contributed by atoms with Gasteiger partial charge in [-0.3, -0.25) is 9.36 Å². The average molecular weight is 408 g/mol. The van der Waals surface area contributed by atoms with Crippen molar-refractivity contribution >= 4 is 5.91 Å². The molecule has 0 radical (unpaired) electrons. The number of amides is 1. The molecule has 4 rings (SSSR count). The molecule has 2 N–H and O–H groups in total. The minimum atomic E-state index is -0.347. The molecule has 0 unspecified atom stereocenters. The maximum atomic E-state index is 12.8. The van der Waals surface area contributed by atoms with Gasteiger partial charge >= 0.3 is 0 Å². The third-order valence-corrected chi connectivity index (χ3v) is 4.93. The topological polar surface area (TPSA) is 98.5 Å². The van der Waals surface area contributed by atoms with Gasteiger partial charge in [0.25, 0.3) is 5.91 Å². The molecule has 8 nitrogen and oxygen atoms in total. The SMILES string of the molecule is COc1ccc(-n2c(C(=O)NC(C)C)nnc2-c2ccc3c(c2O)CCCO3)cc1. The maximum Gasteiger partial charge on any atom is 0.289 e. The number of hydrogen-bond acceptors (Lipinski definition) is 6. The van der Waals surface area contributed by atoms with E-state index in [1.54, 1.807) is 29.9 Å². The first-order chi connectivity index (χ1) is 14.5. The monoisotopic (exact) mass is 408 g/mol. The molecule has 8 heteroatoms. The summed E-state index contributed by atoms with van der Waals surface area (Å²) in [6.45, 7) is 4.39. The van der Waals surface area contributed by atoms with Gasteiger partial charge in [0.2, 0.25) is 5.82 Å². The zero-order valence-electron chi connectivity index (χ0n) is 17.2. The summed E-state index contributed by atoms with van der Waals surface area (Å²) in [4.78, 5) is 12.8. The molecular weight excluding hydrogens is 384 g/mol. The van der Waals surface area contributed by atoms with Gasteiger partial charge in [0, 0.05) is 17.3 Å². The number of hydrogen-bond donors (Lipinski definition) is 2. The fourth-order valence-electron chi connectivity index (χ4n) is 3.51. The predicted molar refractivity (Wildman–Crippen MR) is 111 cm³/mol. The van der Waals surface area contributed by atoms with Gasteiger partial charge in [-0.05, 0) is 63.1 Å². The van der Waals surface area contributed by atoms with Crippen molar-refractivity contribution < 1.29 is 19.4 Å². The molecule has 0 bridgehead atoms. The zero-order chi connectivity index (χ0) is 21.3. The second kappa shape index (κ2) is 8.06. The van der Waals surface area contributed by atoms with Crippen LogP contribution in [0.2, 0.25) is 0 Å². The van der Waals surface area contributed by atoms with Crippen LogP contribution in [0.25, 0.3) is 17.1 Å². The van der Waals surface area contributed by atoms with Crippen LogP contribution in [0.3, 0.4) is 0 Å². The van der Waals surface area contributed by atoms with E-state index < -0.39 is 0 Å². The van der Waals surface area contributed by atoms with Crippen LogP contribution in [-0.2, 0) is 6.42 Å². The number of aromatic hydroxyl groups is 1. The minimum absolute atomic E-state index is 0.0590. The van der Waals surface area contributed by atoms with Gasteiger partial charge < -0.3 is 19.9 Å². The molecule has 0 saturated heterocycles. The number of phenols is 1. The minimum Gasteiger partial charge on any atom is -0.507 e. The van der Waals surface area contributed by atoms with Crippen molar-refractivity contribution in [3.8, 4) is 34.3 Å². The van der Waals surface area contributed by atoms with Crippen molar-refractivity contribution in [2.75, 3.05) is 13.7 Å². The number of nitrogens with one attached hydrogen (secondary N) is 1. The maximum absolute atomic E-state index is 12.8. The Kier molecular flexibility index (Phi) is 5.31. The second-order valence-corrected chi connectivity index (χ2v) is 7.40. The van der Waals surface area contributed by atoms with E-state index in [1.807, 2.05) is 32.0 Å². The first kappa shape index (κ1) is 19.8. The van der Waals surface area contributed by atoms with Crippen LogP contribution >= 0.6 is 0 Å². The lowest BCUT2D eigenvalue weighted by atomic mass is 10.0. The Bertz CT molecular complexity index is 1070. The van der Waals surface area contributed by atoms with E-state index in [2.05, 4.69) is 15.5 Å². The van der Waals surface area contributed by atoms with Gasteiger partial charge in [-0.2, -0.15) is 0 Å². The highest BCUT2D eigenvalue weighted by molar-refractivity contribution is 5.92. The first-order valence-corrected chi connectivity index (χ1v) is 9.88. The molecule has 1 aromatic heterocycles. The number of methoxy groups -OCH3 is 1. The Morgan fingerprint density at radius 3 is 2.67 bits per heavy atom. The Balaban J connectivity index is 1.88. The number of carbonyl (C=O) groups excluding carboxylic acids is 1. The summed E-state index contributed by atoms with van der Waals surface area (Å²) < 4.78 is 12.5. The van der Waals surface area contributed by atoms with E-state index in [0.29, 0.717) is 41.6 Å². The van der Waals surface area contributed by atoms with Gasteiger partial charge in [-0.25, -0.2) is 0 Å². The van der Waals surface area contributed by atoms with Gasteiger partial charge in [0.05, 0.1) is 19.3 Å². The van der Waals surface area contributed by atoms with Crippen molar-refractivity contribution in [2.45, 2.75) is 32.7 Å². The fraction of sp³-hybridized carbons (Fsp3) is 0.318. The summed E-state index contributed by atoms with van der Waals surface area (Å²) in [7, 11) is 1.59. The molecule has 0 fully saturated rings. The van der Waals surface area contributed by atoms with Crippen LogP contribution in [0.4, 0.5) is 0 Å². The molecule has 1 aliphatic heterocycles. The van der Waals surface area contributed by atoms with E-state index in [9.17, 15) is 9.90 Å². The molecule has 1 amide bonds. The summed E-state index contributed by atoms with van der Waals surface area (Å²) in [5.41, 5.74) is 1.92. The number of rotatable bonds is 5. The molecule has 2 heterocycles. The molecule has 1 aliphatic rings. The molecule has 2 aromatic carbocycles. The number of nitrogens with zero attached hydrogens (tertiary/aromatic N) is 3. The van der Waals surface area contributed by atoms with Crippen molar-refractivity contribution in [2.24, 2.45) is 0 Å². The summed E-state index contributed by atoms with van der Waals surface area (Å²) in [6.07, 6.45) is 1.55. The summed E-state index contributed by atoms with van der Waals surface area (Å²) >= 11 is 0. The van der Waals surface area contributed by atoms with Crippen molar-refractivity contribution in [3.05, 3.63) is 47.8 Å². The number of carbonyl (C=O) groups is 1. The van der Waals surface area contributed by atoms with Crippen molar-refractivity contribution in [1.82, 2.24) is 20.1 Å². The highest BCUT2D eigenvalue weighted by Crippen LogP contribution is 2.40. The molecule has 0 spiro atoms. The molecule has 0 aliphatic carbocycles. The Morgan fingerprint density at radius 2 is 1.97 bits per heavy atom.